The van der Waals surface area contributed by atoms with E-state index in [-0.39, 0.29) is 0 Å². The Hall–Kier alpha value is -2.59. The maximum atomic E-state index is 6.35. The second kappa shape index (κ2) is 7.20. The van der Waals surface area contributed by atoms with Crippen LogP contribution in [0.5, 0.6) is 0 Å². The molecule has 0 aliphatic rings. The standard InChI is InChI=1S/C22H22ClN3O/c1-4-24-19-13-21-20(12-17(19)23)25-18-10-7-14-11-15(26(5-2)6-3)8-9-16(14)22(18)27-21/h7-13H,4-6H2,1-3H3/p+1. The second-order valence-corrected chi connectivity index (χ2v) is 6.94. The van der Waals surface area contributed by atoms with Crippen LogP contribution in [0, 0.1) is 0 Å². The number of aromatic nitrogens is 1. The van der Waals surface area contributed by atoms with E-state index < -0.39 is 0 Å². The van der Waals surface area contributed by atoms with Crippen LogP contribution in [-0.4, -0.2) is 24.6 Å². The first-order valence-corrected chi connectivity index (χ1v) is 9.81. The molecule has 0 amide bonds. The van der Waals surface area contributed by atoms with Gasteiger partial charge in [-0.2, -0.15) is 0 Å². The van der Waals surface area contributed by atoms with Gasteiger partial charge in [0, 0.05) is 30.1 Å². The normalized spacial score (nSPS) is 11.4. The number of nitrogens with one attached hydrogen (secondary N) is 1. The summed E-state index contributed by atoms with van der Waals surface area (Å²) < 4.78 is 8.62. The summed E-state index contributed by atoms with van der Waals surface area (Å²) in [5.41, 5.74) is 3.98. The number of hydrogen-bond donors (Lipinski definition) is 1. The fourth-order valence-corrected chi connectivity index (χ4v) is 3.76. The molecule has 4 rings (SSSR count). The molecule has 0 fully saturated rings. The molecule has 4 nitrogen and oxygen atoms in total. The van der Waals surface area contributed by atoms with Crippen molar-refractivity contribution < 1.29 is 4.42 Å². The van der Waals surface area contributed by atoms with E-state index in [9.17, 15) is 0 Å². The number of fused-ring (bicyclic) bond motifs is 4. The average Bonchev–Trinajstić information content (AvgIpc) is 2.68. The fourth-order valence-electron chi connectivity index (χ4n) is 3.54. The van der Waals surface area contributed by atoms with Crippen molar-refractivity contribution in [3.63, 3.8) is 0 Å². The number of nitrogens with zero attached hydrogens (tertiary/aromatic N) is 2. The van der Waals surface area contributed by atoms with Crippen LogP contribution in [0.1, 0.15) is 20.8 Å². The van der Waals surface area contributed by atoms with Gasteiger partial charge in [-0.25, -0.2) is 9.56 Å². The summed E-state index contributed by atoms with van der Waals surface area (Å²) >= 11 is 6.35. The van der Waals surface area contributed by atoms with E-state index in [1.165, 1.54) is 5.36 Å². The van der Waals surface area contributed by atoms with Crippen molar-refractivity contribution in [1.82, 2.24) is 9.56 Å². The Morgan fingerprint density at radius 3 is 2.56 bits per heavy atom. The highest BCUT2D eigenvalue weighted by molar-refractivity contribution is 6.34. The van der Waals surface area contributed by atoms with Gasteiger partial charge in [-0.15, -0.1) is 0 Å². The monoisotopic (exact) mass is 380 g/mol. The summed E-state index contributed by atoms with van der Waals surface area (Å²) in [5.74, 6) is 0. The maximum absolute atomic E-state index is 6.35. The van der Waals surface area contributed by atoms with E-state index in [1.807, 2.05) is 25.1 Å². The molecule has 1 N–H and O–H groups in total. The molecule has 3 aromatic carbocycles. The molecule has 5 heteroatoms. The highest BCUT2D eigenvalue weighted by atomic mass is 35.5. The summed E-state index contributed by atoms with van der Waals surface area (Å²) in [6.07, 6.45) is 0. The highest BCUT2D eigenvalue weighted by Gasteiger charge is 2.11. The summed E-state index contributed by atoms with van der Waals surface area (Å²) in [6.45, 7) is 9.15. The molecule has 0 saturated heterocycles. The third-order valence-corrected chi connectivity index (χ3v) is 5.24. The Morgan fingerprint density at radius 2 is 1.81 bits per heavy atom. The van der Waals surface area contributed by atoms with Gasteiger partial charge in [-0.3, -0.25) is 0 Å². The van der Waals surface area contributed by atoms with Crippen LogP contribution in [0.25, 0.3) is 33.0 Å². The number of rotatable bonds is 4. The first-order valence-electron chi connectivity index (χ1n) is 9.43. The van der Waals surface area contributed by atoms with Gasteiger partial charge < -0.3 is 9.73 Å². The summed E-state index contributed by atoms with van der Waals surface area (Å²) in [5, 5.41) is 7.35. The van der Waals surface area contributed by atoms with Gasteiger partial charge in [0.15, 0.2) is 11.2 Å². The van der Waals surface area contributed by atoms with Crippen molar-refractivity contribution in [2.75, 3.05) is 25.0 Å². The molecule has 0 spiro atoms. The minimum atomic E-state index is 0.649. The lowest BCUT2D eigenvalue weighted by Gasteiger charge is -2.09. The lowest BCUT2D eigenvalue weighted by molar-refractivity contribution is 0.627. The molecule has 0 radical (unpaired) electrons. The highest BCUT2D eigenvalue weighted by Crippen LogP contribution is 2.31. The van der Waals surface area contributed by atoms with E-state index >= 15 is 0 Å². The third-order valence-electron chi connectivity index (χ3n) is 4.93. The summed E-state index contributed by atoms with van der Waals surface area (Å²) in [7, 11) is 0. The van der Waals surface area contributed by atoms with Crippen LogP contribution in [0.4, 0.5) is 5.69 Å². The van der Waals surface area contributed by atoms with Crippen LogP contribution in [0.3, 0.4) is 0 Å². The van der Waals surface area contributed by atoms with Crippen LogP contribution >= 0.6 is 11.6 Å². The quantitative estimate of drug-likeness (QED) is 0.306. The Balaban J connectivity index is 2.01. The van der Waals surface area contributed by atoms with E-state index in [0.29, 0.717) is 5.02 Å². The van der Waals surface area contributed by atoms with Gasteiger partial charge in [0.2, 0.25) is 5.36 Å². The fraction of sp³-hybridized carbons (Fsp3) is 0.273. The van der Waals surface area contributed by atoms with Gasteiger partial charge in [-0.05, 0) is 44.4 Å². The number of anilines is 1. The van der Waals surface area contributed by atoms with E-state index in [1.54, 1.807) is 0 Å². The topological polar surface area (TPSA) is 41.1 Å². The molecule has 27 heavy (non-hydrogen) atoms. The van der Waals surface area contributed by atoms with Crippen LogP contribution in [0.15, 0.2) is 46.9 Å². The summed E-state index contributed by atoms with van der Waals surface area (Å²) in [4.78, 5) is 4.76. The lowest BCUT2D eigenvalue weighted by atomic mass is 10.1. The number of hydrogen-bond acceptors (Lipinski definition) is 3. The Labute approximate surface area is 163 Å². The number of benzene rings is 3. The Morgan fingerprint density at radius 1 is 1.00 bits per heavy atom. The smallest absolute Gasteiger partial charge is 0.200 e. The SMILES string of the molecule is CCNc1cc2oc3c(ccc4cc(=[N+](CC)CC)ccc43)nc2cc1Cl. The van der Waals surface area contributed by atoms with Gasteiger partial charge >= 0.3 is 0 Å². The molecule has 4 aromatic rings. The summed E-state index contributed by atoms with van der Waals surface area (Å²) in [6, 6.07) is 14.4. The van der Waals surface area contributed by atoms with E-state index in [0.717, 1.165) is 58.3 Å². The molecule has 1 aromatic heterocycles. The van der Waals surface area contributed by atoms with Crippen molar-refractivity contribution in [3.05, 3.63) is 52.8 Å². The average molecular weight is 381 g/mol. The number of halogens is 1. The van der Waals surface area contributed by atoms with Crippen molar-refractivity contribution >= 4 is 50.3 Å². The Kier molecular flexibility index (Phi) is 4.75. The van der Waals surface area contributed by atoms with Crippen molar-refractivity contribution in [2.45, 2.75) is 20.8 Å². The molecule has 0 unspecified atom stereocenters. The van der Waals surface area contributed by atoms with E-state index in [2.05, 4.69) is 48.0 Å². The zero-order valence-electron chi connectivity index (χ0n) is 15.8. The van der Waals surface area contributed by atoms with Crippen LogP contribution in [-0.2, 0) is 0 Å². The van der Waals surface area contributed by atoms with Gasteiger partial charge in [-0.1, -0.05) is 17.7 Å². The van der Waals surface area contributed by atoms with E-state index in [4.69, 9.17) is 21.0 Å². The molecular weight excluding hydrogens is 358 g/mol. The van der Waals surface area contributed by atoms with Crippen LogP contribution < -0.4 is 15.2 Å². The zero-order chi connectivity index (χ0) is 19.0. The Bertz CT molecular complexity index is 1220. The molecule has 138 valence electrons. The van der Waals surface area contributed by atoms with Gasteiger partial charge in [0.1, 0.15) is 24.1 Å². The molecule has 0 saturated carbocycles. The molecule has 0 aliphatic carbocycles. The maximum Gasteiger partial charge on any atom is 0.200 e. The zero-order valence-corrected chi connectivity index (χ0v) is 16.6. The minimum absolute atomic E-state index is 0.649. The molecule has 0 aliphatic heterocycles. The third kappa shape index (κ3) is 3.15. The van der Waals surface area contributed by atoms with Gasteiger partial charge in [0.25, 0.3) is 0 Å². The molecule has 1 heterocycles. The molecular formula is C22H23ClN3O+. The van der Waals surface area contributed by atoms with Crippen molar-refractivity contribution in [2.24, 2.45) is 0 Å². The first kappa shape index (κ1) is 17.8. The van der Waals surface area contributed by atoms with Crippen molar-refractivity contribution in [3.8, 4) is 0 Å². The van der Waals surface area contributed by atoms with Gasteiger partial charge in [0.05, 0.1) is 10.7 Å². The van der Waals surface area contributed by atoms with Crippen LogP contribution in [0.2, 0.25) is 5.02 Å². The second-order valence-electron chi connectivity index (χ2n) is 6.54. The first-order chi connectivity index (χ1) is 13.1. The largest absolute Gasteiger partial charge is 0.452 e. The predicted octanol–water partition coefficient (Wildman–Crippen LogP) is 5.03. The molecule has 0 bridgehead atoms. The molecule has 0 atom stereocenters. The van der Waals surface area contributed by atoms with Crippen molar-refractivity contribution in [1.29, 1.82) is 0 Å². The predicted molar refractivity (Wildman–Crippen MR) is 115 cm³/mol. The minimum Gasteiger partial charge on any atom is -0.452 e. The lowest BCUT2D eigenvalue weighted by Crippen LogP contribution is -2.29.